The van der Waals surface area contributed by atoms with Crippen molar-refractivity contribution in [2.75, 3.05) is 10.6 Å². The van der Waals surface area contributed by atoms with Gasteiger partial charge >= 0.3 is 0 Å². The highest BCUT2D eigenvalue weighted by Gasteiger charge is 2.21. The zero-order valence-electron chi connectivity index (χ0n) is 30.4. The van der Waals surface area contributed by atoms with Gasteiger partial charge in [0.2, 0.25) is 0 Å². The number of nitrogens with zero attached hydrogens (tertiary/aromatic N) is 8. The summed E-state index contributed by atoms with van der Waals surface area (Å²) in [6.07, 6.45) is 16.3. The van der Waals surface area contributed by atoms with Crippen LogP contribution in [-0.4, -0.2) is 35.0 Å². The molecule has 13 nitrogen and oxygen atoms in total. The molecule has 5 N–H and O–H groups in total. The summed E-state index contributed by atoms with van der Waals surface area (Å²) in [6, 6.07) is 22.4. The van der Waals surface area contributed by atoms with Crippen molar-refractivity contribution in [2.24, 2.45) is 5.10 Å². The predicted octanol–water partition coefficient (Wildman–Crippen LogP) is 8.45. The van der Waals surface area contributed by atoms with Crippen LogP contribution in [0.25, 0.3) is 11.3 Å². The molecule has 2 aliphatic carbocycles. The maximum atomic E-state index is 8.92. The molecule has 2 aromatic carbocycles. The van der Waals surface area contributed by atoms with Crippen LogP contribution in [0.15, 0.2) is 87.1 Å². The van der Waals surface area contributed by atoms with Crippen molar-refractivity contribution >= 4 is 60.6 Å². The molecular weight excluding hydrogens is 822 g/mol. The van der Waals surface area contributed by atoms with Crippen molar-refractivity contribution in [1.29, 1.82) is 5.26 Å². The van der Waals surface area contributed by atoms with E-state index in [0.717, 1.165) is 54.5 Å². The number of halogens is 2. The number of nitrogens with one attached hydrogen (secondary N) is 5. The molecule has 5 heterocycles. The second kappa shape index (κ2) is 17.2. The van der Waals surface area contributed by atoms with E-state index in [1.54, 1.807) is 6.20 Å². The van der Waals surface area contributed by atoms with Gasteiger partial charge in [-0.25, -0.2) is 15.5 Å². The van der Waals surface area contributed by atoms with Crippen LogP contribution in [0, 0.1) is 11.3 Å². The molecule has 0 unspecified atom stereocenters. The molecule has 0 spiro atoms. The number of amidine groups is 1. The van der Waals surface area contributed by atoms with E-state index in [2.05, 4.69) is 117 Å². The molecule has 55 heavy (non-hydrogen) atoms. The van der Waals surface area contributed by atoms with Gasteiger partial charge in [0.05, 0.1) is 33.0 Å². The molecule has 6 aromatic rings. The van der Waals surface area contributed by atoms with Crippen LogP contribution in [0.3, 0.4) is 0 Å². The number of anilines is 2. The van der Waals surface area contributed by atoms with E-state index in [-0.39, 0.29) is 0 Å². The Hall–Kier alpha value is -5.04. The van der Waals surface area contributed by atoms with Crippen molar-refractivity contribution in [1.82, 2.24) is 45.7 Å². The highest BCUT2D eigenvalue weighted by atomic mass is 79.9. The molecule has 3 aliphatic rings. The topological polar surface area (TPSA) is 157 Å². The number of fused-ring (bicyclic) bond motifs is 2. The zero-order valence-corrected chi connectivity index (χ0v) is 33.6. The van der Waals surface area contributed by atoms with E-state index in [4.69, 9.17) is 15.2 Å². The molecular formula is C40H43Br2N13. The first-order chi connectivity index (χ1) is 27.0. The number of benzene rings is 2. The largest absolute Gasteiger partial charge is 0.366 e. The lowest BCUT2D eigenvalue weighted by Crippen LogP contribution is -2.35. The number of rotatable bonds is 9. The minimum atomic E-state index is 0.533. The Bertz CT molecular complexity index is 2310. The first-order valence-electron chi connectivity index (χ1n) is 19.0. The minimum Gasteiger partial charge on any atom is -0.366 e. The SMILES string of the molecule is Brc1cnn2c(NCc3ccc(C4=NNNN4)cc3)cc(C3CCCCC3)nc12.N#Cc1ccc(CNc2cc(C3CCCCC3)nc3c(Br)cnn23)cc1. The minimum absolute atomic E-state index is 0.533. The fourth-order valence-electron chi connectivity index (χ4n) is 7.58. The molecule has 0 saturated heterocycles. The third-order valence-corrected chi connectivity index (χ3v) is 11.7. The average Bonchev–Trinajstić information content (AvgIpc) is 4.01. The van der Waals surface area contributed by atoms with Crippen LogP contribution in [-0.2, 0) is 13.1 Å². The van der Waals surface area contributed by atoms with E-state index in [0.29, 0.717) is 30.5 Å². The third kappa shape index (κ3) is 8.61. The Balaban J connectivity index is 0.000000156. The number of nitriles is 1. The molecule has 4 aromatic heterocycles. The summed E-state index contributed by atoms with van der Waals surface area (Å²) in [7, 11) is 0. The van der Waals surface area contributed by atoms with Gasteiger partial charge in [-0.15, -0.1) is 10.6 Å². The molecule has 0 radical (unpaired) electrons. The molecule has 0 bridgehead atoms. The molecule has 1 aliphatic heterocycles. The summed E-state index contributed by atoms with van der Waals surface area (Å²) in [5.74, 6) is 3.77. The summed E-state index contributed by atoms with van der Waals surface area (Å²) in [6.45, 7) is 1.38. The van der Waals surface area contributed by atoms with E-state index >= 15 is 0 Å². The summed E-state index contributed by atoms with van der Waals surface area (Å²) in [5.41, 5.74) is 16.4. The van der Waals surface area contributed by atoms with Crippen molar-refractivity contribution in [3.63, 3.8) is 0 Å². The van der Waals surface area contributed by atoms with Crippen LogP contribution >= 0.6 is 31.9 Å². The van der Waals surface area contributed by atoms with Gasteiger partial charge in [-0.1, -0.05) is 74.9 Å². The van der Waals surface area contributed by atoms with Gasteiger partial charge in [0.15, 0.2) is 17.1 Å². The van der Waals surface area contributed by atoms with Crippen LogP contribution in [0.5, 0.6) is 0 Å². The van der Waals surface area contributed by atoms with Crippen LogP contribution in [0.1, 0.15) is 110 Å². The van der Waals surface area contributed by atoms with Crippen molar-refractivity contribution in [3.05, 3.63) is 116 Å². The molecule has 2 saturated carbocycles. The Morgan fingerprint density at radius 1 is 0.691 bits per heavy atom. The predicted molar refractivity (Wildman–Crippen MR) is 221 cm³/mol. The van der Waals surface area contributed by atoms with E-state index in [1.807, 2.05) is 39.5 Å². The molecule has 0 amide bonds. The Morgan fingerprint density at radius 3 is 1.64 bits per heavy atom. The number of hydrazine groups is 2. The summed E-state index contributed by atoms with van der Waals surface area (Å²) in [5, 5.41) is 29.0. The molecule has 2 fully saturated rings. The third-order valence-electron chi connectivity index (χ3n) is 10.6. The lowest BCUT2D eigenvalue weighted by Gasteiger charge is -2.22. The fraction of sp³-hybridized carbons (Fsp3) is 0.350. The van der Waals surface area contributed by atoms with E-state index < -0.39 is 0 Å². The molecule has 15 heteroatoms. The summed E-state index contributed by atoms with van der Waals surface area (Å²) >= 11 is 7.16. The summed E-state index contributed by atoms with van der Waals surface area (Å²) < 4.78 is 5.56. The van der Waals surface area contributed by atoms with Gasteiger partial charge in [0.1, 0.15) is 11.6 Å². The van der Waals surface area contributed by atoms with Crippen molar-refractivity contribution < 1.29 is 0 Å². The van der Waals surface area contributed by atoms with E-state index in [1.165, 1.54) is 75.5 Å². The smallest absolute Gasteiger partial charge is 0.171 e. The lowest BCUT2D eigenvalue weighted by molar-refractivity contribution is 0.437. The van der Waals surface area contributed by atoms with Gasteiger partial charge in [-0.3, -0.25) is 5.43 Å². The number of hydrazone groups is 1. The number of hydrogen-bond donors (Lipinski definition) is 5. The van der Waals surface area contributed by atoms with Crippen LogP contribution < -0.4 is 27.1 Å². The van der Waals surface area contributed by atoms with E-state index in [9.17, 15) is 0 Å². The highest BCUT2D eigenvalue weighted by Crippen LogP contribution is 2.35. The van der Waals surface area contributed by atoms with Gasteiger partial charge in [-0.2, -0.15) is 24.5 Å². The maximum Gasteiger partial charge on any atom is 0.171 e. The number of aromatic nitrogens is 6. The first-order valence-corrected chi connectivity index (χ1v) is 20.6. The standard InChI is InChI=1S/C20H23BrN8.C20H20BrN5/c21-16-12-23-29-18(10-17(24-20(16)29)14-4-2-1-3-5-14)22-11-13-6-8-15(9-7-13)19-25-27-28-26-19;21-17-13-24-26-19(23-12-15-8-6-14(11-22)7-9-15)10-18(25-20(17)26)16-4-2-1-3-5-16/h6-10,12,14,22,27-28H,1-5,11H2,(H,25,26);6-10,13,16,23H,1-5,12H2. The van der Waals surface area contributed by atoms with Crippen molar-refractivity contribution in [3.8, 4) is 6.07 Å². The molecule has 282 valence electrons. The summed E-state index contributed by atoms with van der Waals surface area (Å²) in [4.78, 5) is 9.79. The highest BCUT2D eigenvalue weighted by molar-refractivity contribution is 9.11. The zero-order chi connectivity index (χ0) is 37.6. The maximum absolute atomic E-state index is 8.92. The Kier molecular flexibility index (Phi) is 11.5. The average molecular weight is 866 g/mol. The first kappa shape index (κ1) is 36.9. The Labute approximate surface area is 336 Å². The normalized spacial score (nSPS) is 16.1. The lowest BCUT2D eigenvalue weighted by atomic mass is 9.87. The van der Waals surface area contributed by atoms with Crippen molar-refractivity contribution in [2.45, 2.75) is 89.1 Å². The van der Waals surface area contributed by atoms with Crippen LogP contribution in [0.2, 0.25) is 0 Å². The van der Waals surface area contributed by atoms with Crippen LogP contribution in [0.4, 0.5) is 11.6 Å². The Morgan fingerprint density at radius 2 is 1.18 bits per heavy atom. The quantitative estimate of drug-likeness (QED) is 0.0956. The second-order valence-electron chi connectivity index (χ2n) is 14.3. The molecule has 0 atom stereocenters. The number of hydrogen-bond acceptors (Lipinski definition) is 11. The monoisotopic (exact) mass is 863 g/mol. The molecule has 9 rings (SSSR count). The van der Waals surface area contributed by atoms with Gasteiger partial charge in [-0.05, 0) is 80.8 Å². The van der Waals surface area contributed by atoms with Gasteiger partial charge < -0.3 is 10.6 Å². The fourth-order valence-corrected chi connectivity index (χ4v) is 8.27. The van der Waals surface area contributed by atoms with Gasteiger partial charge in [0.25, 0.3) is 0 Å². The van der Waals surface area contributed by atoms with Gasteiger partial charge in [0, 0.05) is 54.0 Å². The second-order valence-corrected chi connectivity index (χ2v) is 16.0.